The van der Waals surface area contributed by atoms with Gasteiger partial charge in [-0.3, -0.25) is 9.59 Å². The fraction of sp³-hybridized carbons (Fsp3) is 0.444. The standard InChI is InChI=1S/C18H26N4O2.ClH/c1-20-18(24)13-22-11-9-14-7-8-15(12-16(14)22)21-17(23)6-4-2-3-5-10-19;/h7-9,11-12H,2-6,10,13,19H2,1H3,(H,20,24)(H,21,23);1H. The summed E-state index contributed by atoms with van der Waals surface area (Å²) in [5, 5.41) is 6.59. The van der Waals surface area contributed by atoms with Crippen molar-refractivity contribution in [1.29, 1.82) is 0 Å². The first-order valence-electron chi connectivity index (χ1n) is 8.43. The number of carbonyl (C=O) groups excluding carboxylic acids is 2. The lowest BCUT2D eigenvalue weighted by Crippen LogP contribution is -2.23. The second-order valence-electron chi connectivity index (χ2n) is 5.89. The summed E-state index contributed by atoms with van der Waals surface area (Å²) in [6, 6.07) is 7.71. The van der Waals surface area contributed by atoms with Crippen molar-refractivity contribution in [2.45, 2.75) is 38.6 Å². The molecule has 25 heavy (non-hydrogen) atoms. The number of amides is 2. The van der Waals surface area contributed by atoms with Crippen LogP contribution >= 0.6 is 12.4 Å². The lowest BCUT2D eigenvalue weighted by atomic mass is 10.1. The van der Waals surface area contributed by atoms with Crippen LogP contribution in [0.3, 0.4) is 0 Å². The smallest absolute Gasteiger partial charge is 0.239 e. The first-order chi connectivity index (χ1) is 11.6. The molecule has 2 amide bonds. The molecular weight excluding hydrogens is 340 g/mol. The van der Waals surface area contributed by atoms with E-state index in [4.69, 9.17) is 5.73 Å². The topological polar surface area (TPSA) is 89.2 Å². The summed E-state index contributed by atoms with van der Waals surface area (Å²) in [7, 11) is 1.62. The molecule has 2 aromatic rings. The summed E-state index contributed by atoms with van der Waals surface area (Å²) in [5.74, 6) is -0.0362. The number of nitrogens with two attached hydrogens (primary N) is 1. The Morgan fingerprint density at radius 2 is 1.84 bits per heavy atom. The number of fused-ring (bicyclic) bond motifs is 1. The van der Waals surface area contributed by atoms with Crippen molar-refractivity contribution in [2.24, 2.45) is 5.73 Å². The third kappa shape index (κ3) is 6.40. The quantitative estimate of drug-likeness (QED) is 0.596. The number of nitrogens with one attached hydrogen (secondary N) is 2. The van der Waals surface area contributed by atoms with Crippen molar-refractivity contribution in [3.05, 3.63) is 30.5 Å². The van der Waals surface area contributed by atoms with Crippen molar-refractivity contribution in [1.82, 2.24) is 9.88 Å². The molecule has 0 saturated carbocycles. The second-order valence-corrected chi connectivity index (χ2v) is 5.89. The van der Waals surface area contributed by atoms with Gasteiger partial charge < -0.3 is 20.9 Å². The summed E-state index contributed by atoms with van der Waals surface area (Å²) in [6.07, 6.45) is 6.38. The Balaban J connectivity index is 0.00000312. The molecule has 1 aromatic carbocycles. The van der Waals surface area contributed by atoms with Crippen LogP contribution < -0.4 is 16.4 Å². The van der Waals surface area contributed by atoms with Gasteiger partial charge in [0.2, 0.25) is 11.8 Å². The zero-order valence-electron chi connectivity index (χ0n) is 14.6. The van der Waals surface area contributed by atoms with Crippen molar-refractivity contribution in [2.75, 3.05) is 18.9 Å². The van der Waals surface area contributed by atoms with Crippen LogP contribution in [0, 0.1) is 0 Å². The maximum atomic E-state index is 12.0. The average Bonchev–Trinajstić information content (AvgIpc) is 2.97. The zero-order chi connectivity index (χ0) is 17.4. The molecule has 0 unspecified atom stereocenters. The van der Waals surface area contributed by atoms with Crippen LogP contribution in [-0.4, -0.2) is 30.0 Å². The maximum Gasteiger partial charge on any atom is 0.239 e. The van der Waals surface area contributed by atoms with Crippen molar-refractivity contribution in [3.63, 3.8) is 0 Å². The third-order valence-electron chi connectivity index (χ3n) is 4.01. The average molecular weight is 367 g/mol. The summed E-state index contributed by atoms with van der Waals surface area (Å²) in [4.78, 5) is 23.6. The van der Waals surface area contributed by atoms with E-state index < -0.39 is 0 Å². The van der Waals surface area contributed by atoms with E-state index in [0.29, 0.717) is 13.0 Å². The van der Waals surface area contributed by atoms with Gasteiger partial charge in [0.25, 0.3) is 0 Å². The van der Waals surface area contributed by atoms with E-state index in [2.05, 4.69) is 10.6 Å². The lowest BCUT2D eigenvalue weighted by Gasteiger charge is -2.08. The van der Waals surface area contributed by atoms with E-state index in [-0.39, 0.29) is 30.8 Å². The van der Waals surface area contributed by atoms with Crippen LogP contribution in [-0.2, 0) is 16.1 Å². The Kier molecular flexibility index (Phi) is 9.02. The van der Waals surface area contributed by atoms with Gasteiger partial charge >= 0.3 is 0 Å². The predicted molar refractivity (Wildman–Crippen MR) is 104 cm³/mol. The minimum Gasteiger partial charge on any atom is -0.358 e. The van der Waals surface area contributed by atoms with Crippen molar-refractivity contribution < 1.29 is 9.59 Å². The number of carbonyl (C=O) groups is 2. The van der Waals surface area contributed by atoms with Crippen LogP contribution in [0.5, 0.6) is 0 Å². The van der Waals surface area contributed by atoms with Crippen LogP contribution in [0.1, 0.15) is 32.1 Å². The van der Waals surface area contributed by atoms with Gasteiger partial charge in [-0.05, 0) is 43.0 Å². The monoisotopic (exact) mass is 366 g/mol. The molecule has 2 rings (SSSR count). The molecule has 0 radical (unpaired) electrons. The number of halogens is 1. The third-order valence-corrected chi connectivity index (χ3v) is 4.01. The molecule has 0 spiro atoms. The van der Waals surface area contributed by atoms with Crippen LogP contribution in [0.2, 0.25) is 0 Å². The molecule has 138 valence electrons. The Labute approximate surface area is 154 Å². The van der Waals surface area contributed by atoms with Crippen LogP contribution in [0.15, 0.2) is 30.5 Å². The number of hydrogen-bond acceptors (Lipinski definition) is 3. The molecule has 7 heteroatoms. The molecule has 4 N–H and O–H groups in total. The minimum atomic E-state index is -0.0561. The van der Waals surface area contributed by atoms with Gasteiger partial charge in [-0.2, -0.15) is 0 Å². The Bertz CT molecular complexity index is 699. The zero-order valence-corrected chi connectivity index (χ0v) is 15.4. The van der Waals surface area contributed by atoms with E-state index in [1.165, 1.54) is 0 Å². The van der Waals surface area contributed by atoms with Crippen molar-refractivity contribution in [3.8, 4) is 0 Å². The number of rotatable bonds is 9. The van der Waals surface area contributed by atoms with Gasteiger partial charge in [0.05, 0.1) is 5.52 Å². The molecule has 0 saturated heterocycles. The van der Waals surface area contributed by atoms with Crippen LogP contribution in [0.25, 0.3) is 10.9 Å². The second kappa shape index (κ2) is 10.7. The highest BCUT2D eigenvalue weighted by Crippen LogP contribution is 2.21. The molecule has 0 aliphatic rings. The van der Waals surface area contributed by atoms with Gasteiger partial charge in [-0.25, -0.2) is 0 Å². The molecule has 0 aliphatic heterocycles. The molecule has 0 fully saturated rings. The van der Waals surface area contributed by atoms with Gasteiger partial charge in [0.1, 0.15) is 6.54 Å². The number of aromatic nitrogens is 1. The summed E-state index contributed by atoms with van der Waals surface area (Å²) in [6.45, 7) is 0.973. The number of likely N-dealkylation sites (N-methyl/N-ethyl adjacent to an activating group) is 1. The van der Waals surface area contributed by atoms with Gasteiger partial charge in [0, 0.05) is 25.4 Å². The molecule has 1 aromatic heterocycles. The number of anilines is 1. The van der Waals surface area contributed by atoms with Gasteiger partial charge in [-0.15, -0.1) is 12.4 Å². The highest BCUT2D eigenvalue weighted by Gasteiger charge is 2.07. The lowest BCUT2D eigenvalue weighted by molar-refractivity contribution is -0.121. The number of nitrogens with zero attached hydrogens (tertiary/aromatic N) is 1. The van der Waals surface area contributed by atoms with Gasteiger partial charge in [-0.1, -0.05) is 18.9 Å². The molecule has 0 bridgehead atoms. The molecule has 0 aliphatic carbocycles. The van der Waals surface area contributed by atoms with E-state index >= 15 is 0 Å². The van der Waals surface area contributed by atoms with E-state index in [1.54, 1.807) is 7.05 Å². The molecular formula is C18H27ClN4O2. The van der Waals surface area contributed by atoms with E-state index in [0.717, 1.165) is 42.3 Å². The highest BCUT2D eigenvalue weighted by atomic mass is 35.5. The Morgan fingerprint density at radius 1 is 1.08 bits per heavy atom. The maximum absolute atomic E-state index is 12.0. The number of hydrogen-bond donors (Lipinski definition) is 3. The first-order valence-corrected chi connectivity index (χ1v) is 8.43. The normalized spacial score (nSPS) is 10.3. The molecule has 0 atom stereocenters. The number of unbranched alkanes of at least 4 members (excludes halogenated alkanes) is 3. The minimum absolute atomic E-state index is 0. The SMILES string of the molecule is CNC(=O)Cn1ccc2ccc(NC(=O)CCCCCCN)cc21.Cl. The highest BCUT2D eigenvalue weighted by molar-refractivity contribution is 5.94. The van der Waals surface area contributed by atoms with Gasteiger partial charge in [0.15, 0.2) is 0 Å². The fourth-order valence-electron chi connectivity index (χ4n) is 2.64. The largest absolute Gasteiger partial charge is 0.358 e. The Hall–Kier alpha value is -2.05. The number of benzene rings is 1. The fourth-order valence-corrected chi connectivity index (χ4v) is 2.64. The Morgan fingerprint density at radius 3 is 2.56 bits per heavy atom. The molecule has 1 heterocycles. The summed E-state index contributed by atoms with van der Waals surface area (Å²) >= 11 is 0. The van der Waals surface area contributed by atoms with Crippen LogP contribution in [0.4, 0.5) is 5.69 Å². The summed E-state index contributed by atoms with van der Waals surface area (Å²) in [5.41, 5.74) is 7.14. The van der Waals surface area contributed by atoms with E-state index in [1.807, 2.05) is 35.0 Å². The molecule has 6 nitrogen and oxygen atoms in total. The summed E-state index contributed by atoms with van der Waals surface area (Å²) < 4.78 is 1.87. The van der Waals surface area contributed by atoms with E-state index in [9.17, 15) is 9.59 Å². The van der Waals surface area contributed by atoms with Crippen molar-refractivity contribution >= 4 is 40.8 Å². The predicted octanol–water partition coefficient (Wildman–Crippen LogP) is 2.66. The first kappa shape index (κ1) is 21.0.